The fourth-order valence-corrected chi connectivity index (χ4v) is 14.3. The number of carbonyl (C=O) groups excluding carboxylic acids is 3. The van der Waals surface area contributed by atoms with E-state index < -0.39 is 19.8 Å². The molecule has 3 heterocycles. The van der Waals surface area contributed by atoms with Crippen molar-refractivity contribution in [3.63, 3.8) is 0 Å². The number of carbonyl (C=O) groups is 3. The molecular formula is C53H53N3O8Si. The van der Waals surface area contributed by atoms with Gasteiger partial charge in [0.15, 0.2) is 11.4 Å². The summed E-state index contributed by atoms with van der Waals surface area (Å²) in [5.74, 6) is 1.34. The summed E-state index contributed by atoms with van der Waals surface area (Å²) in [6, 6.07) is 45.9. The molecule has 4 atom stereocenters. The quantitative estimate of drug-likeness (QED) is 0.114. The van der Waals surface area contributed by atoms with E-state index in [0.717, 1.165) is 22.1 Å². The number of rotatable bonds is 13. The summed E-state index contributed by atoms with van der Waals surface area (Å²) in [4.78, 5) is 49.8. The Kier molecular flexibility index (Phi) is 11.8. The first-order valence-corrected chi connectivity index (χ1v) is 25.1. The van der Waals surface area contributed by atoms with Crippen molar-refractivity contribution in [3.05, 3.63) is 168 Å². The maximum Gasteiger partial charge on any atom is 0.266 e. The SMILES string of the molecule is COc1ccc([Si](C)(C)[C@@H]2[C@@H](CC(=O)N(CCO)Cc3ccccc3)O[C@]3(C(=O)N(Cc4cccc(N5C(=O)c6ccccc6Oc6ccccc65)c4)c4ccc(OC)cc43)[C@H]2C)cc1. The third-order valence-corrected chi connectivity index (χ3v) is 17.9. The van der Waals surface area contributed by atoms with Crippen LogP contribution in [0.3, 0.4) is 0 Å². The molecule has 0 unspecified atom stereocenters. The van der Waals surface area contributed by atoms with Gasteiger partial charge in [0.1, 0.15) is 17.2 Å². The molecule has 3 amide bonds. The second-order valence-electron chi connectivity index (χ2n) is 17.5. The van der Waals surface area contributed by atoms with E-state index in [0.29, 0.717) is 52.0 Å². The van der Waals surface area contributed by atoms with Gasteiger partial charge in [-0.1, -0.05) is 104 Å². The maximum absolute atomic E-state index is 15.7. The van der Waals surface area contributed by atoms with Crippen LogP contribution in [0.25, 0.3) is 0 Å². The lowest BCUT2D eigenvalue weighted by atomic mass is 9.82. The Labute approximate surface area is 380 Å². The van der Waals surface area contributed by atoms with Crippen LogP contribution in [-0.4, -0.2) is 69.3 Å². The number of methoxy groups -OCH3 is 2. The van der Waals surface area contributed by atoms with Gasteiger partial charge in [-0.15, -0.1) is 0 Å². The predicted octanol–water partition coefficient (Wildman–Crippen LogP) is 8.96. The zero-order valence-electron chi connectivity index (χ0n) is 37.3. The molecule has 6 aromatic carbocycles. The maximum atomic E-state index is 15.7. The minimum Gasteiger partial charge on any atom is -0.497 e. The molecule has 3 aliphatic rings. The van der Waals surface area contributed by atoms with Crippen molar-refractivity contribution in [2.75, 3.05) is 37.2 Å². The molecule has 11 nitrogen and oxygen atoms in total. The van der Waals surface area contributed by atoms with Gasteiger partial charge in [0.05, 0.1) is 64.9 Å². The lowest BCUT2D eigenvalue weighted by Crippen LogP contribution is -2.52. The van der Waals surface area contributed by atoms with Crippen LogP contribution in [0, 0.1) is 5.92 Å². The van der Waals surface area contributed by atoms with Gasteiger partial charge in [-0.05, 0) is 83.4 Å². The standard InChI is InChI=1S/C53H53N3O8Si/c1-35-50(65(4,5)41-25-22-39(61-2)23-26-41)48(32-49(58)54(28-29-57)33-36-14-7-6-8-15-36)64-53(35)43-31-40(62-3)24-27-44(43)55(52(53)60)34-37-16-13-17-38(30-37)56-45-19-10-12-21-47(45)63-46-20-11-9-18-42(46)51(56)59/h6-27,30-31,35,48,50,57H,28-29,32-34H2,1-5H3/t35-,48+,50-,53+/m0/s1. The van der Waals surface area contributed by atoms with E-state index in [1.807, 2.05) is 121 Å². The van der Waals surface area contributed by atoms with Crippen molar-refractivity contribution >= 4 is 48.0 Å². The van der Waals surface area contributed by atoms with Crippen molar-refractivity contribution in [1.82, 2.24) is 4.90 Å². The molecule has 0 aromatic heterocycles. The molecule has 65 heavy (non-hydrogen) atoms. The van der Waals surface area contributed by atoms with E-state index in [1.54, 1.807) is 41.1 Å². The highest BCUT2D eigenvalue weighted by Gasteiger charge is 2.66. The average molecular weight is 888 g/mol. The molecule has 0 radical (unpaired) electrons. The van der Waals surface area contributed by atoms with Gasteiger partial charge in [-0.25, -0.2) is 0 Å². The van der Waals surface area contributed by atoms with Gasteiger partial charge in [-0.3, -0.25) is 19.3 Å². The van der Waals surface area contributed by atoms with E-state index in [2.05, 4.69) is 32.2 Å². The summed E-state index contributed by atoms with van der Waals surface area (Å²) >= 11 is 0. The Hall–Kier alpha value is -6.73. The molecule has 1 saturated heterocycles. The largest absolute Gasteiger partial charge is 0.497 e. The van der Waals surface area contributed by atoms with Crippen molar-refractivity contribution in [2.45, 2.75) is 56.8 Å². The number of ether oxygens (including phenoxy) is 4. The van der Waals surface area contributed by atoms with Gasteiger partial charge >= 0.3 is 0 Å². The number of hydrogen-bond donors (Lipinski definition) is 1. The molecule has 6 aromatic rings. The molecule has 1 spiro atoms. The molecular weight excluding hydrogens is 835 g/mol. The third kappa shape index (κ3) is 7.75. The summed E-state index contributed by atoms with van der Waals surface area (Å²) in [7, 11) is 0.639. The second-order valence-corrected chi connectivity index (χ2v) is 22.2. The number of amides is 3. The van der Waals surface area contributed by atoms with Crippen LogP contribution >= 0.6 is 0 Å². The first kappa shape index (κ1) is 43.5. The van der Waals surface area contributed by atoms with Crippen LogP contribution < -0.4 is 29.2 Å². The lowest BCUT2D eigenvalue weighted by Gasteiger charge is -2.37. The van der Waals surface area contributed by atoms with Crippen LogP contribution in [-0.2, 0) is 33.0 Å². The highest BCUT2D eigenvalue weighted by atomic mass is 28.3. The Balaban J connectivity index is 1.11. The third-order valence-electron chi connectivity index (χ3n) is 13.5. The molecule has 332 valence electrons. The van der Waals surface area contributed by atoms with E-state index in [1.165, 1.54) is 0 Å². The van der Waals surface area contributed by atoms with E-state index in [-0.39, 0.29) is 55.3 Å². The molecule has 3 aliphatic heterocycles. The fourth-order valence-electron chi connectivity index (χ4n) is 10.3. The minimum atomic E-state index is -2.61. The number of anilines is 3. The average Bonchev–Trinajstić information content (AvgIpc) is 3.69. The second kappa shape index (κ2) is 17.7. The highest BCUT2D eigenvalue weighted by molar-refractivity contribution is 6.91. The van der Waals surface area contributed by atoms with Gasteiger partial charge in [0, 0.05) is 30.3 Å². The number of hydrogen-bond acceptors (Lipinski definition) is 8. The Morgan fingerprint density at radius 3 is 2.18 bits per heavy atom. The van der Waals surface area contributed by atoms with Crippen LogP contribution in [0.4, 0.5) is 17.1 Å². The van der Waals surface area contributed by atoms with Crippen LogP contribution in [0.5, 0.6) is 23.0 Å². The minimum absolute atomic E-state index is 0.0168. The number of nitrogens with zero attached hydrogens (tertiary/aromatic N) is 3. The van der Waals surface area contributed by atoms with Crippen molar-refractivity contribution in [3.8, 4) is 23.0 Å². The normalized spacial score (nSPS) is 19.9. The lowest BCUT2D eigenvalue weighted by molar-refractivity contribution is -0.150. The van der Waals surface area contributed by atoms with Gasteiger partial charge < -0.3 is 33.9 Å². The summed E-state index contributed by atoms with van der Waals surface area (Å²) in [5.41, 5.74) is 3.10. The van der Waals surface area contributed by atoms with Crippen LogP contribution in [0.1, 0.15) is 40.4 Å². The van der Waals surface area contributed by atoms with Crippen LogP contribution in [0.2, 0.25) is 18.6 Å². The summed E-state index contributed by atoms with van der Waals surface area (Å²) < 4.78 is 24.9. The molecule has 9 rings (SSSR count). The Morgan fingerprint density at radius 2 is 1.45 bits per heavy atom. The molecule has 1 fully saturated rings. The first-order chi connectivity index (χ1) is 31.5. The van der Waals surface area contributed by atoms with E-state index in [9.17, 15) is 14.7 Å². The first-order valence-electron chi connectivity index (χ1n) is 22.0. The fraction of sp³-hybridized carbons (Fsp3) is 0.264. The summed E-state index contributed by atoms with van der Waals surface area (Å²) in [6.45, 7) is 7.13. The van der Waals surface area contributed by atoms with Crippen molar-refractivity contribution in [1.29, 1.82) is 0 Å². The van der Waals surface area contributed by atoms with Gasteiger partial charge in [-0.2, -0.15) is 0 Å². The smallest absolute Gasteiger partial charge is 0.266 e. The van der Waals surface area contributed by atoms with Gasteiger partial charge in [0.2, 0.25) is 5.91 Å². The van der Waals surface area contributed by atoms with Crippen LogP contribution in [0.15, 0.2) is 146 Å². The molecule has 0 bridgehead atoms. The summed E-state index contributed by atoms with van der Waals surface area (Å²) in [5, 5.41) is 11.3. The Bertz CT molecular complexity index is 2750. The number of benzene rings is 6. The number of para-hydroxylation sites is 3. The number of aliphatic hydroxyl groups is 1. The number of fused-ring (bicyclic) bond motifs is 4. The molecule has 1 N–H and O–H groups in total. The van der Waals surface area contributed by atoms with E-state index in [4.69, 9.17) is 18.9 Å². The van der Waals surface area contributed by atoms with E-state index >= 15 is 4.79 Å². The zero-order chi connectivity index (χ0) is 45.5. The molecule has 0 aliphatic carbocycles. The van der Waals surface area contributed by atoms with Crippen molar-refractivity contribution < 1.29 is 38.4 Å². The van der Waals surface area contributed by atoms with Gasteiger partial charge in [0.25, 0.3) is 11.8 Å². The molecule has 0 saturated carbocycles. The predicted molar refractivity (Wildman–Crippen MR) is 253 cm³/mol. The highest BCUT2D eigenvalue weighted by Crippen LogP contribution is 2.60. The monoisotopic (exact) mass is 887 g/mol. The Morgan fingerprint density at radius 1 is 0.769 bits per heavy atom. The number of aliphatic hydroxyl groups excluding tert-OH is 1. The zero-order valence-corrected chi connectivity index (χ0v) is 38.3. The van der Waals surface area contributed by atoms with Crippen molar-refractivity contribution in [2.24, 2.45) is 5.92 Å². The topological polar surface area (TPSA) is 118 Å². The molecule has 12 heteroatoms. The summed E-state index contributed by atoms with van der Waals surface area (Å²) in [6.07, 6.45) is -0.632.